The lowest BCUT2D eigenvalue weighted by Gasteiger charge is -2.05. The molecule has 0 saturated heterocycles. The molecule has 0 atom stereocenters. The molecule has 0 spiro atoms. The second kappa shape index (κ2) is 5.62. The number of rotatable bonds is 4. The molecule has 3 aromatic rings. The summed E-state index contributed by atoms with van der Waals surface area (Å²) in [5, 5.41) is 3.90. The Balaban J connectivity index is 1.72. The van der Waals surface area contributed by atoms with E-state index in [0.29, 0.717) is 28.8 Å². The smallest absolute Gasteiger partial charge is 0.264 e. The summed E-state index contributed by atoms with van der Waals surface area (Å²) in [5.74, 6) is 1.40. The number of nitrogens with zero attached hydrogens (tertiary/aromatic N) is 3. The number of para-hydroxylation sites is 2. The molecule has 0 bridgehead atoms. The molecule has 6 nitrogen and oxygen atoms in total. The van der Waals surface area contributed by atoms with E-state index in [1.807, 2.05) is 31.2 Å². The molecule has 0 saturated carbocycles. The van der Waals surface area contributed by atoms with Gasteiger partial charge in [-0.15, -0.1) is 0 Å². The summed E-state index contributed by atoms with van der Waals surface area (Å²) in [7, 11) is 0. The molecule has 0 radical (unpaired) electrons. The first-order valence-electron chi connectivity index (χ1n) is 6.45. The molecule has 2 aromatic heterocycles. The molecule has 21 heavy (non-hydrogen) atoms. The zero-order valence-electron chi connectivity index (χ0n) is 11.5. The molecule has 0 aliphatic rings. The van der Waals surface area contributed by atoms with Gasteiger partial charge in [-0.05, 0) is 36.8 Å². The fourth-order valence-corrected chi connectivity index (χ4v) is 1.83. The van der Waals surface area contributed by atoms with Gasteiger partial charge in [0.2, 0.25) is 5.82 Å². The summed E-state index contributed by atoms with van der Waals surface area (Å²) in [6, 6.07) is 11.1. The standard InChI is InChI=1S/C15H14N4O2/c1-10-6-7-17-12(8-10)15-18-14(21-19-15)9-20-13-5-3-2-4-11(13)16/h2-8H,9,16H2,1H3. The number of nitrogen functional groups attached to an aromatic ring is 1. The van der Waals surface area contributed by atoms with E-state index >= 15 is 0 Å². The van der Waals surface area contributed by atoms with Gasteiger partial charge in [0.15, 0.2) is 6.61 Å². The number of benzene rings is 1. The number of ether oxygens (including phenoxy) is 1. The van der Waals surface area contributed by atoms with Crippen LogP contribution in [0, 0.1) is 6.92 Å². The molecule has 0 aliphatic heterocycles. The lowest BCUT2D eigenvalue weighted by Crippen LogP contribution is -1.98. The van der Waals surface area contributed by atoms with Crippen LogP contribution in [0.2, 0.25) is 0 Å². The third kappa shape index (κ3) is 3.00. The van der Waals surface area contributed by atoms with Gasteiger partial charge in [-0.3, -0.25) is 4.98 Å². The third-order valence-corrected chi connectivity index (χ3v) is 2.88. The van der Waals surface area contributed by atoms with E-state index in [9.17, 15) is 0 Å². The van der Waals surface area contributed by atoms with E-state index in [0.717, 1.165) is 5.56 Å². The van der Waals surface area contributed by atoms with Crippen LogP contribution in [0.1, 0.15) is 11.5 Å². The van der Waals surface area contributed by atoms with Gasteiger partial charge in [0, 0.05) is 6.20 Å². The lowest BCUT2D eigenvalue weighted by molar-refractivity contribution is 0.244. The van der Waals surface area contributed by atoms with Crippen molar-refractivity contribution in [3.05, 3.63) is 54.0 Å². The van der Waals surface area contributed by atoms with Gasteiger partial charge in [-0.1, -0.05) is 17.3 Å². The van der Waals surface area contributed by atoms with Crippen LogP contribution in [0.4, 0.5) is 5.69 Å². The monoisotopic (exact) mass is 282 g/mol. The van der Waals surface area contributed by atoms with E-state index < -0.39 is 0 Å². The highest BCUT2D eigenvalue weighted by molar-refractivity contribution is 5.52. The molecule has 0 amide bonds. The summed E-state index contributed by atoms with van der Waals surface area (Å²) in [6.45, 7) is 2.14. The number of hydrogen-bond acceptors (Lipinski definition) is 6. The average molecular weight is 282 g/mol. The van der Waals surface area contributed by atoms with Crippen molar-refractivity contribution in [1.82, 2.24) is 15.1 Å². The quantitative estimate of drug-likeness (QED) is 0.740. The summed E-state index contributed by atoms with van der Waals surface area (Å²) >= 11 is 0. The maximum atomic E-state index is 5.80. The van der Waals surface area contributed by atoms with Crippen LogP contribution in [0.25, 0.3) is 11.5 Å². The maximum absolute atomic E-state index is 5.80. The molecule has 6 heteroatoms. The molecular weight excluding hydrogens is 268 g/mol. The Bertz CT molecular complexity index is 755. The summed E-state index contributed by atoms with van der Waals surface area (Å²) in [5.41, 5.74) is 8.12. The van der Waals surface area contributed by atoms with Crippen molar-refractivity contribution in [2.24, 2.45) is 0 Å². The van der Waals surface area contributed by atoms with E-state index in [1.54, 1.807) is 18.3 Å². The zero-order chi connectivity index (χ0) is 14.7. The minimum Gasteiger partial charge on any atom is -0.482 e. The summed E-state index contributed by atoms with van der Waals surface area (Å²) in [6.07, 6.45) is 1.71. The summed E-state index contributed by atoms with van der Waals surface area (Å²) in [4.78, 5) is 8.47. The second-order valence-electron chi connectivity index (χ2n) is 4.56. The van der Waals surface area contributed by atoms with E-state index in [4.69, 9.17) is 15.0 Å². The molecule has 0 aliphatic carbocycles. The van der Waals surface area contributed by atoms with Gasteiger partial charge < -0.3 is 15.0 Å². The molecule has 2 N–H and O–H groups in total. The Morgan fingerprint density at radius 2 is 2.10 bits per heavy atom. The predicted octanol–water partition coefficient (Wildman–Crippen LogP) is 2.60. The van der Waals surface area contributed by atoms with Crippen LogP contribution < -0.4 is 10.5 Å². The van der Waals surface area contributed by atoms with Crippen LogP contribution in [0.15, 0.2) is 47.1 Å². The van der Waals surface area contributed by atoms with Gasteiger partial charge >= 0.3 is 0 Å². The highest BCUT2D eigenvalue weighted by Crippen LogP contribution is 2.21. The summed E-state index contributed by atoms with van der Waals surface area (Å²) < 4.78 is 10.7. The minimum absolute atomic E-state index is 0.160. The Kier molecular flexibility index (Phi) is 3.51. The fourth-order valence-electron chi connectivity index (χ4n) is 1.83. The number of pyridine rings is 1. The van der Waals surface area contributed by atoms with Gasteiger partial charge in [0.1, 0.15) is 11.4 Å². The highest BCUT2D eigenvalue weighted by atomic mass is 16.5. The van der Waals surface area contributed by atoms with Crippen molar-refractivity contribution in [3.63, 3.8) is 0 Å². The number of nitrogens with two attached hydrogens (primary N) is 1. The van der Waals surface area contributed by atoms with Crippen LogP contribution >= 0.6 is 0 Å². The van der Waals surface area contributed by atoms with Crippen molar-refractivity contribution < 1.29 is 9.26 Å². The van der Waals surface area contributed by atoms with E-state index in [1.165, 1.54) is 0 Å². The first-order chi connectivity index (χ1) is 10.2. The highest BCUT2D eigenvalue weighted by Gasteiger charge is 2.11. The molecule has 0 unspecified atom stereocenters. The Morgan fingerprint density at radius 1 is 1.24 bits per heavy atom. The molecule has 0 fully saturated rings. The van der Waals surface area contributed by atoms with Gasteiger partial charge in [0.25, 0.3) is 5.89 Å². The van der Waals surface area contributed by atoms with E-state index in [-0.39, 0.29) is 6.61 Å². The normalized spacial score (nSPS) is 10.5. The van der Waals surface area contributed by atoms with Crippen LogP contribution in [0.3, 0.4) is 0 Å². The molecule has 2 heterocycles. The predicted molar refractivity (Wildman–Crippen MR) is 77.5 cm³/mol. The van der Waals surface area contributed by atoms with Crippen LogP contribution in [0.5, 0.6) is 5.75 Å². The molecular formula is C15H14N4O2. The average Bonchev–Trinajstić information content (AvgIpc) is 2.95. The van der Waals surface area contributed by atoms with Crippen molar-refractivity contribution in [3.8, 4) is 17.3 Å². The Labute approximate surface area is 121 Å². The first kappa shape index (κ1) is 13.1. The number of hydrogen-bond donors (Lipinski definition) is 1. The number of anilines is 1. The van der Waals surface area contributed by atoms with Crippen molar-refractivity contribution in [2.75, 3.05) is 5.73 Å². The lowest BCUT2D eigenvalue weighted by atomic mass is 10.2. The second-order valence-corrected chi connectivity index (χ2v) is 4.56. The topological polar surface area (TPSA) is 87.1 Å². The SMILES string of the molecule is Cc1ccnc(-c2noc(COc3ccccc3N)n2)c1. The van der Waals surface area contributed by atoms with Gasteiger partial charge in [-0.25, -0.2) is 0 Å². The molecule has 106 valence electrons. The number of aromatic nitrogens is 3. The maximum Gasteiger partial charge on any atom is 0.264 e. The molecule has 3 rings (SSSR count). The minimum atomic E-state index is 0.160. The Morgan fingerprint density at radius 3 is 2.90 bits per heavy atom. The van der Waals surface area contributed by atoms with Crippen molar-refractivity contribution in [2.45, 2.75) is 13.5 Å². The van der Waals surface area contributed by atoms with Gasteiger partial charge in [0.05, 0.1) is 5.69 Å². The first-order valence-corrected chi connectivity index (χ1v) is 6.45. The number of aryl methyl sites for hydroxylation is 1. The zero-order valence-corrected chi connectivity index (χ0v) is 11.5. The van der Waals surface area contributed by atoms with Crippen molar-refractivity contribution >= 4 is 5.69 Å². The molecule has 1 aromatic carbocycles. The van der Waals surface area contributed by atoms with Crippen LogP contribution in [-0.2, 0) is 6.61 Å². The van der Waals surface area contributed by atoms with Crippen LogP contribution in [-0.4, -0.2) is 15.1 Å². The van der Waals surface area contributed by atoms with Gasteiger partial charge in [-0.2, -0.15) is 4.98 Å². The Hall–Kier alpha value is -2.89. The van der Waals surface area contributed by atoms with E-state index in [2.05, 4.69) is 15.1 Å². The largest absolute Gasteiger partial charge is 0.482 e. The fraction of sp³-hybridized carbons (Fsp3) is 0.133. The third-order valence-electron chi connectivity index (χ3n) is 2.88. The van der Waals surface area contributed by atoms with Crippen molar-refractivity contribution in [1.29, 1.82) is 0 Å².